The van der Waals surface area contributed by atoms with E-state index in [1.54, 1.807) is 0 Å². The van der Waals surface area contributed by atoms with E-state index in [2.05, 4.69) is 16.1 Å². The number of esters is 1. The number of ether oxygens (including phenoxy) is 1. The molecule has 1 heterocycles. The van der Waals surface area contributed by atoms with Crippen LogP contribution in [0.25, 0.3) is 0 Å². The van der Waals surface area contributed by atoms with Crippen LogP contribution in [0, 0.1) is 6.07 Å². The Hall–Kier alpha value is -1.51. The molecule has 1 N–H and O–H groups in total. The maximum atomic E-state index is 11.1. The van der Waals surface area contributed by atoms with Crippen LogP contribution < -0.4 is 5.32 Å². The van der Waals surface area contributed by atoms with Crippen LogP contribution in [0.4, 0.5) is 5.69 Å². The number of methoxy groups -OCH3 is 1. The molecule has 0 saturated carbocycles. The standard InChI is InChI=1S/C12H14NO2/c1-15-12(14)8-10-7-6-9-4-2-3-5-11(9)13-10/h3-5,10,13H,6-8H2,1H3. The van der Waals surface area contributed by atoms with Crippen molar-refractivity contribution >= 4 is 11.7 Å². The first-order chi connectivity index (χ1) is 7.29. The largest absolute Gasteiger partial charge is 0.469 e. The zero-order chi connectivity index (χ0) is 10.7. The van der Waals surface area contributed by atoms with Crippen LogP contribution in [-0.4, -0.2) is 19.1 Å². The summed E-state index contributed by atoms with van der Waals surface area (Å²) in [6, 6.07) is 9.13. The summed E-state index contributed by atoms with van der Waals surface area (Å²) in [6.45, 7) is 0. The molecule has 3 heteroatoms. The number of anilines is 1. The van der Waals surface area contributed by atoms with Gasteiger partial charge in [-0.2, -0.15) is 0 Å². The molecule has 0 saturated heterocycles. The van der Waals surface area contributed by atoms with Gasteiger partial charge in [-0.25, -0.2) is 0 Å². The number of hydrogen-bond acceptors (Lipinski definition) is 3. The van der Waals surface area contributed by atoms with E-state index in [4.69, 9.17) is 0 Å². The molecular weight excluding hydrogens is 190 g/mol. The molecule has 1 unspecified atom stereocenters. The molecule has 0 aliphatic carbocycles. The number of nitrogens with one attached hydrogen (secondary N) is 1. The Labute approximate surface area is 89.4 Å². The minimum Gasteiger partial charge on any atom is -0.469 e. The summed E-state index contributed by atoms with van der Waals surface area (Å²) in [5.41, 5.74) is 2.40. The predicted octanol–water partition coefficient (Wildman–Crippen LogP) is 1.78. The van der Waals surface area contributed by atoms with E-state index in [0.717, 1.165) is 18.5 Å². The predicted molar refractivity (Wildman–Crippen MR) is 57.6 cm³/mol. The average Bonchev–Trinajstić information content (AvgIpc) is 2.29. The van der Waals surface area contributed by atoms with Gasteiger partial charge in [-0.1, -0.05) is 6.07 Å². The van der Waals surface area contributed by atoms with Crippen LogP contribution in [-0.2, 0) is 16.0 Å². The van der Waals surface area contributed by atoms with Gasteiger partial charge in [-0.15, -0.1) is 0 Å². The molecule has 0 aromatic heterocycles. The number of carbonyl (C=O) groups excluding carboxylic acids is 1. The molecular formula is C12H14NO2. The Morgan fingerprint density at radius 3 is 3.40 bits per heavy atom. The summed E-state index contributed by atoms with van der Waals surface area (Å²) < 4.78 is 4.66. The van der Waals surface area contributed by atoms with Gasteiger partial charge < -0.3 is 10.1 Å². The number of fused-ring (bicyclic) bond motifs is 1. The molecule has 0 amide bonds. The van der Waals surface area contributed by atoms with Crippen LogP contribution in [0.1, 0.15) is 18.4 Å². The SMILES string of the molecule is COC(=O)CC1CCc2c[c]ccc2N1. The fraction of sp³-hybridized carbons (Fsp3) is 0.417. The summed E-state index contributed by atoms with van der Waals surface area (Å²) >= 11 is 0. The van der Waals surface area contributed by atoms with Gasteiger partial charge in [-0.05, 0) is 36.6 Å². The van der Waals surface area contributed by atoms with E-state index in [1.807, 2.05) is 18.2 Å². The van der Waals surface area contributed by atoms with Crippen LogP contribution in [0.2, 0.25) is 0 Å². The Kier molecular flexibility index (Phi) is 2.90. The number of carbonyl (C=O) groups is 1. The van der Waals surface area contributed by atoms with E-state index in [-0.39, 0.29) is 12.0 Å². The fourth-order valence-corrected chi connectivity index (χ4v) is 1.87. The molecule has 15 heavy (non-hydrogen) atoms. The van der Waals surface area contributed by atoms with Crippen molar-refractivity contribution in [2.75, 3.05) is 12.4 Å². The van der Waals surface area contributed by atoms with Gasteiger partial charge in [0.1, 0.15) is 0 Å². The molecule has 1 aliphatic heterocycles. The van der Waals surface area contributed by atoms with Crippen molar-refractivity contribution < 1.29 is 9.53 Å². The van der Waals surface area contributed by atoms with Gasteiger partial charge in [0.25, 0.3) is 0 Å². The average molecular weight is 204 g/mol. The van der Waals surface area contributed by atoms with E-state index in [9.17, 15) is 4.79 Å². The molecule has 1 aromatic carbocycles. The number of hydrogen-bond donors (Lipinski definition) is 1. The first kappa shape index (κ1) is 10.0. The van der Waals surface area contributed by atoms with Crippen molar-refractivity contribution in [3.8, 4) is 0 Å². The molecule has 2 rings (SSSR count). The van der Waals surface area contributed by atoms with Crippen molar-refractivity contribution in [1.82, 2.24) is 0 Å². The Morgan fingerprint density at radius 1 is 1.73 bits per heavy atom. The Balaban J connectivity index is 2.02. The molecule has 3 nitrogen and oxygen atoms in total. The Morgan fingerprint density at radius 2 is 2.60 bits per heavy atom. The second kappa shape index (κ2) is 4.34. The third kappa shape index (κ3) is 2.29. The van der Waals surface area contributed by atoms with E-state index in [0.29, 0.717) is 6.42 Å². The normalized spacial score (nSPS) is 18.9. The summed E-state index contributed by atoms with van der Waals surface area (Å²) in [4.78, 5) is 11.1. The molecule has 79 valence electrons. The molecule has 1 aliphatic rings. The third-order valence-electron chi connectivity index (χ3n) is 2.71. The van der Waals surface area contributed by atoms with E-state index in [1.165, 1.54) is 12.7 Å². The summed E-state index contributed by atoms with van der Waals surface area (Å²) in [5.74, 6) is -0.154. The molecule has 1 atom stereocenters. The molecule has 1 radical (unpaired) electrons. The van der Waals surface area contributed by atoms with E-state index >= 15 is 0 Å². The number of benzene rings is 1. The topological polar surface area (TPSA) is 38.3 Å². The third-order valence-corrected chi connectivity index (χ3v) is 2.71. The summed E-state index contributed by atoms with van der Waals surface area (Å²) in [7, 11) is 1.42. The van der Waals surface area contributed by atoms with Crippen molar-refractivity contribution in [3.63, 3.8) is 0 Å². The highest BCUT2D eigenvalue weighted by atomic mass is 16.5. The lowest BCUT2D eigenvalue weighted by Crippen LogP contribution is -2.28. The van der Waals surface area contributed by atoms with Crippen LogP contribution in [0.15, 0.2) is 18.2 Å². The second-order valence-corrected chi connectivity index (χ2v) is 3.74. The lowest BCUT2D eigenvalue weighted by atomic mass is 9.96. The number of aryl methyl sites for hydroxylation is 1. The van der Waals surface area contributed by atoms with Crippen LogP contribution in [0.5, 0.6) is 0 Å². The van der Waals surface area contributed by atoms with Gasteiger partial charge >= 0.3 is 5.97 Å². The Bertz CT molecular complexity index is 362. The first-order valence-corrected chi connectivity index (χ1v) is 5.12. The zero-order valence-electron chi connectivity index (χ0n) is 8.75. The van der Waals surface area contributed by atoms with Crippen molar-refractivity contribution in [1.29, 1.82) is 0 Å². The highest BCUT2D eigenvalue weighted by molar-refractivity contribution is 5.71. The maximum absolute atomic E-state index is 11.1. The van der Waals surface area contributed by atoms with Gasteiger partial charge in [0.2, 0.25) is 0 Å². The van der Waals surface area contributed by atoms with Crippen LogP contribution in [0.3, 0.4) is 0 Å². The first-order valence-electron chi connectivity index (χ1n) is 5.12. The van der Waals surface area contributed by atoms with Crippen molar-refractivity contribution in [2.45, 2.75) is 25.3 Å². The minimum atomic E-state index is -0.154. The molecule has 0 spiro atoms. The maximum Gasteiger partial charge on any atom is 0.307 e. The highest BCUT2D eigenvalue weighted by Gasteiger charge is 2.19. The minimum absolute atomic E-state index is 0.154. The second-order valence-electron chi connectivity index (χ2n) is 3.74. The number of rotatable bonds is 2. The van der Waals surface area contributed by atoms with Gasteiger partial charge in [-0.3, -0.25) is 4.79 Å². The molecule has 0 bridgehead atoms. The monoisotopic (exact) mass is 204 g/mol. The van der Waals surface area contributed by atoms with Gasteiger partial charge in [0.15, 0.2) is 0 Å². The summed E-state index contributed by atoms with van der Waals surface area (Å²) in [6.07, 6.45) is 2.41. The van der Waals surface area contributed by atoms with Crippen LogP contribution >= 0.6 is 0 Å². The summed E-state index contributed by atoms with van der Waals surface area (Å²) in [5, 5.41) is 3.34. The van der Waals surface area contributed by atoms with Gasteiger partial charge in [0.05, 0.1) is 13.5 Å². The highest BCUT2D eigenvalue weighted by Crippen LogP contribution is 2.25. The quantitative estimate of drug-likeness (QED) is 0.746. The fourth-order valence-electron chi connectivity index (χ4n) is 1.87. The molecule has 0 fully saturated rings. The lowest BCUT2D eigenvalue weighted by Gasteiger charge is -2.26. The zero-order valence-corrected chi connectivity index (χ0v) is 8.75. The smallest absolute Gasteiger partial charge is 0.307 e. The van der Waals surface area contributed by atoms with Crippen molar-refractivity contribution in [2.24, 2.45) is 0 Å². The lowest BCUT2D eigenvalue weighted by molar-refractivity contribution is -0.140. The van der Waals surface area contributed by atoms with Gasteiger partial charge in [0, 0.05) is 11.7 Å². The van der Waals surface area contributed by atoms with E-state index < -0.39 is 0 Å². The molecule has 1 aromatic rings. The van der Waals surface area contributed by atoms with Crippen molar-refractivity contribution in [3.05, 3.63) is 29.8 Å².